The molecule has 0 aliphatic rings. The second-order valence-electron chi connectivity index (χ2n) is 4.16. The normalized spacial score (nSPS) is 10.4. The molecule has 0 bridgehead atoms. The summed E-state index contributed by atoms with van der Waals surface area (Å²) >= 11 is 9.39. The van der Waals surface area contributed by atoms with E-state index in [0.29, 0.717) is 5.88 Å². The largest absolute Gasteiger partial charge is 0.329 e. The Kier molecular flexibility index (Phi) is 4.25. The lowest BCUT2D eigenvalue weighted by Gasteiger charge is -2.21. The molecule has 94 valence electrons. The van der Waals surface area contributed by atoms with Crippen LogP contribution >= 0.6 is 27.5 Å². The van der Waals surface area contributed by atoms with Crippen molar-refractivity contribution < 1.29 is 0 Å². The average molecular weight is 326 g/mol. The van der Waals surface area contributed by atoms with Gasteiger partial charge in [0.15, 0.2) is 0 Å². The molecule has 2 rings (SSSR count). The molecule has 18 heavy (non-hydrogen) atoms. The lowest BCUT2D eigenvalue weighted by Crippen LogP contribution is -2.13. The summed E-state index contributed by atoms with van der Waals surface area (Å²) in [5.74, 6) is 1.33. The van der Waals surface area contributed by atoms with Crippen LogP contribution in [0.3, 0.4) is 0 Å². The van der Waals surface area contributed by atoms with Gasteiger partial charge in [-0.1, -0.05) is 17.7 Å². The zero-order chi connectivity index (χ0) is 13.1. The van der Waals surface area contributed by atoms with E-state index >= 15 is 0 Å². The Morgan fingerprint density at radius 3 is 2.56 bits per heavy atom. The molecule has 0 saturated heterocycles. The zero-order valence-electron chi connectivity index (χ0n) is 10.3. The third kappa shape index (κ3) is 2.85. The number of hydrogen-bond donors (Lipinski definition) is 0. The topological polar surface area (TPSA) is 16.1 Å². The van der Waals surface area contributed by atoms with Gasteiger partial charge in [0.25, 0.3) is 0 Å². The first-order chi connectivity index (χ1) is 8.61. The summed E-state index contributed by atoms with van der Waals surface area (Å²) in [7, 11) is 2.00. The van der Waals surface area contributed by atoms with Gasteiger partial charge >= 0.3 is 0 Å². The van der Waals surface area contributed by atoms with Crippen LogP contribution in [0.1, 0.15) is 11.1 Å². The quantitative estimate of drug-likeness (QED) is 0.763. The number of alkyl halides is 1. The van der Waals surface area contributed by atoms with Gasteiger partial charge in [0.1, 0.15) is 5.82 Å². The third-order valence-electron chi connectivity index (χ3n) is 2.79. The number of benzene rings is 1. The summed E-state index contributed by atoms with van der Waals surface area (Å²) in [6.45, 7) is 2.08. The smallest absolute Gasteiger partial charge is 0.137 e. The lowest BCUT2D eigenvalue weighted by atomic mass is 10.2. The van der Waals surface area contributed by atoms with Crippen LogP contribution in [-0.4, -0.2) is 12.0 Å². The second-order valence-corrected chi connectivity index (χ2v) is 5.35. The fraction of sp³-hybridized carbons (Fsp3) is 0.214. The van der Waals surface area contributed by atoms with E-state index in [0.717, 1.165) is 21.5 Å². The van der Waals surface area contributed by atoms with Gasteiger partial charge in [-0.05, 0) is 41.1 Å². The van der Waals surface area contributed by atoms with Crippen molar-refractivity contribution in [1.29, 1.82) is 0 Å². The molecule has 1 aromatic heterocycles. The number of halogens is 2. The maximum atomic E-state index is 5.97. The molecule has 4 heteroatoms. The van der Waals surface area contributed by atoms with Crippen molar-refractivity contribution >= 4 is 39.0 Å². The second kappa shape index (κ2) is 5.72. The molecule has 0 N–H and O–H groups in total. The van der Waals surface area contributed by atoms with Gasteiger partial charge in [-0.3, -0.25) is 0 Å². The van der Waals surface area contributed by atoms with Gasteiger partial charge in [-0.2, -0.15) is 0 Å². The van der Waals surface area contributed by atoms with Crippen LogP contribution in [0.4, 0.5) is 11.5 Å². The molecule has 0 atom stereocenters. The van der Waals surface area contributed by atoms with Crippen LogP contribution in [0.15, 0.2) is 41.0 Å². The van der Waals surface area contributed by atoms with Crippen LogP contribution in [0.25, 0.3) is 0 Å². The predicted octanol–water partition coefficient (Wildman–Crippen LogP) is 4.66. The SMILES string of the molecule is Cc1ccc(N(C)c2ncc(Br)cc2CCl)cc1. The lowest BCUT2D eigenvalue weighted by molar-refractivity contribution is 1.09. The van der Waals surface area contributed by atoms with Crippen molar-refractivity contribution in [2.24, 2.45) is 0 Å². The number of rotatable bonds is 3. The molecule has 0 aliphatic heterocycles. The van der Waals surface area contributed by atoms with E-state index in [2.05, 4.69) is 52.1 Å². The minimum Gasteiger partial charge on any atom is -0.329 e. The number of hydrogen-bond acceptors (Lipinski definition) is 2. The van der Waals surface area contributed by atoms with Crippen molar-refractivity contribution in [2.45, 2.75) is 12.8 Å². The van der Waals surface area contributed by atoms with Gasteiger partial charge in [-0.15, -0.1) is 11.6 Å². The highest BCUT2D eigenvalue weighted by Gasteiger charge is 2.10. The molecule has 0 spiro atoms. The number of pyridine rings is 1. The number of aromatic nitrogens is 1. The van der Waals surface area contributed by atoms with Crippen LogP contribution in [-0.2, 0) is 5.88 Å². The first-order valence-electron chi connectivity index (χ1n) is 5.62. The molecule has 0 fully saturated rings. The predicted molar refractivity (Wildman–Crippen MR) is 80.7 cm³/mol. The molecule has 0 aliphatic carbocycles. The molecule has 2 nitrogen and oxygen atoms in total. The van der Waals surface area contributed by atoms with Gasteiger partial charge in [0, 0.05) is 29.0 Å². The van der Waals surface area contributed by atoms with Crippen LogP contribution in [0, 0.1) is 6.92 Å². The molecule has 2 aromatic rings. The Bertz CT molecular complexity index is 540. The Hall–Kier alpha value is -1.06. The van der Waals surface area contributed by atoms with Crippen molar-refractivity contribution in [1.82, 2.24) is 4.98 Å². The average Bonchev–Trinajstić information content (AvgIpc) is 2.38. The van der Waals surface area contributed by atoms with E-state index < -0.39 is 0 Å². The minimum absolute atomic E-state index is 0.442. The minimum atomic E-state index is 0.442. The Morgan fingerprint density at radius 2 is 1.94 bits per heavy atom. The van der Waals surface area contributed by atoms with E-state index in [-0.39, 0.29) is 0 Å². The van der Waals surface area contributed by atoms with Crippen molar-refractivity contribution in [3.05, 3.63) is 52.1 Å². The summed E-state index contributed by atoms with van der Waals surface area (Å²) in [6.07, 6.45) is 1.79. The highest BCUT2D eigenvalue weighted by molar-refractivity contribution is 9.10. The summed E-state index contributed by atoms with van der Waals surface area (Å²) in [5.41, 5.74) is 3.35. The molecule has 0 amide bonds. The van der Waals surface area contributed by atoms with E-state index in [9.17, 15) is 0 Å². The summed E-state index contributed by atoms with van der Waals surface area (Å²) < 4.78 is 0.944. The van der Waals surface area contributed by atoms with Crippen LogP contribution < -0.4 is 4.90 Å². The molecule has 0 unspecified atom stereocenters. The van der Waals surface area contributed by atoms with E-state index in [4.69, 9.17) is 11.6 Å². The number of nitrogens with zero attached hydrogens (tertiary/aromatic N) is 2. The van der Waals surface area contributed by atoms with E-state index in [1.54, 1.807) is 6.20 Å². The fourth-order valence-corrected chi connectivity index (χ4v) is 2.34. The number of aryl methyl sites for hydroxylation is 1. The number of anilines is 2. The van der Waals surface area contributed by atoms with Crippen molar-refractivity contribution in [3.63, 3.8) is 0 Å². The van der Waals surface area contributed by atoms with E-state index in [1.807, 2.05) is 18.0 Å². The Balaban J connectivity index is 2.39. The van der Waals surface area contributed by atoms with Crippen LogP contribution in [0.5, 0.6) is 0 Å². The van der Waals surface area contributed by atoms with Crippen LogP contribution in [0.2, 0.25) is 0 Å². The summed E-state index contributed by atoms with van der Waals surface area (Å²) in [5, 5.41) is 0. The Morgan fingerprint density at radius 1 is 1.28 bits per heavy atom. The van der Waals surface area contributed by atoms with Crippen molar-refractivity contribution in [2.75, 3.05) is 11.9 Å². The molecule has 0 saturated carbocycles. The summed E-state index contributed by atoms with van der Waals surface area (Å²) in [6, 6.07) is 10.3. The monoisotopic (exact) mass is 324 g/mol. The third-order valence-corrected chi connectivity index (χ3v) is 3.51. The van der Waals surface area contributed by atoms with Gasteiger partial charge < -0.3 is 4.90 Å². The first kappa shape index (κ1) is 13.4. The van der Waals surface area contributed by atoms with Crippen molar-refractivity contribution in [3.8, 4) is 0 Å². The maximum absolute atomic E-state index is 5.97. The van der Waals surface area contributed by atoms with Gasteiger partial charge in [-0.25, -0.2) is 4.98 Å². The molecular weight excluding hydrogens is 312 g/mol. The molecular formula is C14H14BrClN2. The molecule has 0 radical (unpaired) electrons. The molecule has 1 aromatic carbocycles. The highest BCUT2D eigenvalue weighted by atomic mass is 79.9. The maximum Gasteiger partial charge on any atom is 0.137 e. The van der Waals surface area contributed by atoms with Gasteiger partial charge in [0.05, 0.1) is 5.88 Å². The Labute approximate surface area is 121 Å². The first-order valence-corrected chi connectivity index (χ1v) is 6.95. The zero-order valence-corrected chi connectivity index (χ0v) is 12.7. The fourth-order valence-electron chi connectivity index (χ4n) is 1.76. The summed E-state index contributed by atoms with van der Waals surface area (Å²) in [4.78, 5) is 6.49. The van der Waals surface area contributed by atoms with E-state index in [1.165, 1.54) is 5.56 Å². The molecule has 1 heterocycles. The highest BCUT2D eigenvalue weighted by Crippen LogP contribution is 2.28. The standard InChI is InChI=1S/C14H14BrClN2/c1-10-3-5-13(6-4-10)18(2)14-11(8-16)7-12(15)9-17-14/h3-7,9H,8H2,1-2H3. The van der Waals surface area contributed by atoms with Gasteiger partial charge in [0.2, 0.25) is 0 Å².